The lowest BCUT2D eigenvalue weighted by molar-refractivity contribution is 0.0917. The Morgan fingerprint density at radius 2 is 2.15 bits per heavy atom. The molecule has 20 heavy (non-hydrogen) atoms. The van der Waals surface area contributed by atoms with Crippen LogP contribution in [-0.4, -0.2) is 36.4 Å². The molecule has 1 fully saturated rings. The van der Waals surface area contributed by atoms with Crippen molar-refractivity contribution in [3.05, 3.63) is 36.0 Å². The van der Waals surface area contributed by atoms with Gasteiger partial charge in [0.2, 0.25) is 0 Å². The predicted octanol–water partition coefficient (Wildman–Crippen LogP) is 1.47. The molecular formula is C14H16N2O3S. The van der Waals surface area contributed by atoms with Crippen molar-refractivity contribution in [2.45, 2.75) is 18.9 Å². The zero-order chi connectivity index (χ0) is 14.4. The van der Waals surface area contributed by atoms with Crippen molar-refractivity contribution in [3.8, 4) is 0 Å². The fourth-order valence-corrected chi connectivity index (χ4v) is 4.83. The van der Waals surface area contributed by atoms with Gasteiger partial charge < -0.3 is 10.3 Å². The standard InChI is InChI=1S/C14H16N2O3S/c1-14(6-8-20(18,19)9-14)16-13(17)11-3-2-4-12-10(11)5-7-15-12/h2-5,7,15H,6,8-9H2,1H3,(H,16,17). The monoisotopic (exact) mass is 292 g/mol. The number of carbonyl (C=O) groups excluding carboxylic acids is 1. The van der Waals surface area contributed by atoms with Crippen molar-refractivity contribution in [2.24, 2.45) is 0 Å². The number of amides is 1. The van der Waals surface area contributed by atoms with E-state index in [0.717, 1.165) is 10.9 Å². The smallest absolute Gasteiger partial charge is 0.252 e. The first-order chi connectivity index (χ1) is 9.39. The third-order valence-corrected chi connectivity index (χ3v) is 5.66. The van der Waals surface area contributed by atoms with Crippen molar-refractivity contribution < 1.29 is 13.2 Å². The van der Waals surface area contributed by atoms with Crippen LogP contribution in [0.2, 0.25) is 0 Å². The number of carbonyl (C=O) groups is 1. The number of aromatic amines is 1. The lowest BCUT2D eigenvalue weighted by atomic mass is 10.0. The topological polar surface area (TPSA) is 79.0 Å². The van der Waals surface area contributed by atoms with Crippen LogP contribution in [0.1, 0.15) is 23.7 Å². The van der Waals surface area contributed by atoms with Crippen LogP contribution >= 0.6 is 0 Å². The Balaban J connectivity index is 1.89. The van der Waals surface area contributed by atoms with E-state index in [9.17, 15) is 13.2 Å². The summed E-state index contributed by atoms with van der Waals surface area (Å²) in [4.78, 5) is 15.5. The molecule has 1 aliphatic rings. The molecule has 1 amide bonds. The van der Waals surface area contributed by atoms with Gasteiger partial charge >= 0.3 is 0 Å². The molecule has 0 aliphatic carbocycles. The lowest BCUT2D eigenvalue weighted by Gasteiger charge is -2.24. The van der Waals surface area contributed by atoms with Gasteiger partial charge in [-0.2, -0.15) is 0 Å². The molecule has 0 bridgehead atoms. The molecule has 106 valence electrons. The molecule has 6 heteroatoms. The molecule has 0 radical (unpaired) electrons. The van der Waals surface area contributed by atoms with Gasteiger partial charge in [0.1, 0.15) is 0 Å². The van der Waals surface area contributed by atoms with E-state index in [1.807, 2.05) is 18.2 Å². The number of rotatable bonds is 2. The van der Waals surface area contributed by atoms with E-state index in [4.69, 9.17) is 0 Å². The summed E-state index contributed by atoms with van der Waals surface area (Å²) in [6.45, 7) is 1.78. The van der Waals surface area contributed by atoms with Gasteiger partial charge in [-0.05, 0) is 31.5 Å². The van der Waals surface area contributed by atoms with Crippen LogP contribution in [0.4, 0.5) is 0 Å². The third kappa shape index (κ3) is 2.31. The van der Waals surface area contributed by atoms with Crippen molar-refractivity contribution in [1.29, 1.82) is 0 Å². The number of fused-ring (bicyclic) bond motifs is 1. The summed E-state index contributed by atoms with van der Waals surface area (Å²) in [5, 5.41) is 3.72. The minimum Gasteiger partial charge on any atom is -0.361 e. The molecule has 2 N–H and O–H groups in total. The summed E-state index contributed by atoms with van der Waals surface area (Å²) < 4.78 is 23.2. The normalized spacial score (nSPS) is 24.9. The first-order valence-corrected chi connectivity index (χ1v) is 8.30. The van der Waals surface area contributed by atoms with Gasteiger partial charge in [0.25, 0.3) is 5.91 Å². The first-order valence-electron chi connectivity index (χ1n) is 6.48. The molecule has 1 aliphatic heterocycles. The van der Waals surface area contributed by atoms with Crippen molar-refractivity contribution in [1.82, 2.24) is 10.3 Å². The summed E-state index contributed by atoms with van der Waals surface area (Å²) in [5.41, 5.74) is 0.783. The fraction of sp³-hybridized carbons (Fsp3) is 0.357. The second kappa shape index (κ2) is 4.34. The van der Waals surface area contributed by atoms with Crippen LogP contribution in [0.5, 0.6) is 0 Å². The maximum Gasteiger partial charge on any atom is 0.252 e. The molecule has 1 aromatic heterocycles. The Labute approximate surface area is 117 Å². The summed E-state index contributed by atoms with van der Waals surface area (Å²) in [6.07, 6.45) is 2.24. The zero-order valence-electron chi connectivity index (χ0n) is 11.1. The molecular weight excluding hydrogens is 276 g/mol. The Morgan fingerprint density at radius 3 is 2.85 bits per heavy atom. The van der Waals surface area contributed by atoms with Gasteiger partial charge in [-0.25, -0.2) is 8.42 Å². The van der Waals surface area contributed by atoms with E-state index in [0.29, 0.717) is 12.0 Å². The molecule has 0 spiro atoms. The second-order valence-corrected chi connectivity index (χ2v) is 7.79. The molecule has 0 saturated carbocycles. The van der Waals surface area contributed by atoms with E-state index in [1.54, 1.807) is 19.2 Å². The number of H-pyrrole nitrogens is 1. The maximum absolute atomic E-state index is 12.4. The van der Waals surface area contributed by atoms with E-state index in [-0.39, 0.29) is 17.4 Å². The number of hydrogen-bond acceptors (Lipinski definition) is 3. The fourth-order valence-electron chi connectivity index (χ4n) is 2.73. The predicted molar refractivity (Wildman–Crippen MR) is 77.4 cm³/mol. The van der Waals surface area contributed by atoms with Crippen molar-refractivity contribution in [2.75, 3.05) is 11.5 Å². The van der Waals surface area contributed by atoms with Gasteiger partial charge in [-0.3, -0.25) is 4.79 Å². The summed E-state index contributed by atoms with van der Waals surface area (Å²) in [5.74, 6) is -0.0812. The Hall–Kier alpha value is -1.82. The van der Waals surface area contributed by atoms with Crippen LogP contribution in [0.25, 0.3) is 10.9 Å². The second-order valence-electron chi connectivity index (χ2n) is 5.60. The Morgan fingerprint density at radius 1 is 1.35 bits per heavy atom. The largest absolute Gasteiger partial charge is 0.361 e. The number of benzene rings is 1. The number of hydrogen-bond donors (Lipinski definition) is 2. The highest BCUT2D eigenvalue weighted by atomic mass is 32.2. The SMILES string of the molecule is CC1(NC(=O)c2cccc3[nH]ccc23)CCS(=O)(=O)C1. The number of sulfone groups is 1. The van der Waals surface area contributed by atoms with E-state index >= 15 is 0 Å². The molecule has 5 nitrogen and oxygen atoms in total. The Kier molecular flexibility index (Phi) is 2.86. The van der Waals surface area contributed by atoms with E-state index < -0.39 is 15.4 Å². The van der Waals surface area contributed by atoms with E-state index in [1.165, 1.54) is 0 Å². The highest BCUT2D eigenvalue weighted by Crippen LogP contribution is 2.24. The van der Waals surface area contributed by atoms with Gasteiger partial charge in [-0.15, -0.1) is 0 Å². The molecule has 1 saturated heterocycles. The van der Waals surface area contributed by atoms with Crippen LogP contribution < -0.4 is 5.32 Å². The van der Waals surface area contributed by atoms with Crippen molar-refractivity contribution in [3.63, 3.8) is 0 Å². The lowest BCUT2D eigenvalue weighted by Crippen LogP contribution is -2.46. The summed E-state index contributed by atoms with van der Waals surface area (Å²) in [6, 6.07) is 7.30. The highest BCUT2D eigenvalue weighted by Gasteiger charge is 2.39. The van der Waals surface area contributed by atoms with Crippen molar-refractivity contribution >= 4 is 26.6 Å². The first kappa shape index (κ1) is 13.2. The molecule has 3 rings (SSSR count). The Bertz CT molecular complexity index is 779. The average molecular weight is 292 g/mol. The van der Waals surface area contributed by atoms with Gasteiger partial charge in [0.05, 0.1) is 17.0 Å². The average Bonchev–Trinajstić information content (AvgIpc) is 2.93. The quantitative estimate of drug-likeness (QED) is 0.880. The molecule has 2 aromatic rings. The van der Waals surface area contributed by atoms with Crippen LogP contribution in [0.3, 0.4) is 0 Å². The molecule has 1 aromatic carbocycles. The molecule has 1 unspecified atom stereocenters. The van der Waals surface area contributed by atoms with Gasteiger partial charge in [-0.1, -0.05) is 6.07 Å². The summed E-state index contributed by atoms with van der Waals surface area (Å²) >= 11 is 0. The number of nitrogens with one attached hydrogen (secondary N) is 2. The third-order valence-electron chi connectivity index (χ3n) is 3.76. The zero-order valence-corrected chi connectivity index (χ0v) is 12.0. The molecule has 1 atom stereocenters. The minimum atomic E-state index is -3.03. The minimum absolute atomic E-state index is 0.00878. The van der Waals surface area contributed by atoms with Gasteiger partial charge in [0, 0.05) is 22.7 Å². The van der Waals surface area contributed by atoms with E-state index in [2.05, 4.69) is 10.3 Å². The number of aromatic nitrogens is 1. The summed E-state index contributed by atoms with van der Waals surface area (Å²) in [7, 11) is -3.03. The van der Waals surface area contributed by atoms with Crippen LogP contribution in [0, 0.1) is 0 Å². The highest BCUT2D eigenvalue weighted by molar-refractivity contribution is 7.91. The van der Waals surface area contributed by atoms with Gasteiger partial charge in [0.15, 0.2) is 9.84 Å². The molecule has 2 heterocycles. The van der Waals surface area contributed by atoms with Crippen LogP contribution in [-0.2, 0) is 9.84 Å². The maximum atomic E-state index is 12.4. The van der Waals surface area contributed by atoms with Crippen LogP contribution in [0.15, 0.2) is 30.5 Å².